The summed E-state index contributed by atoms with van der Waals surface area (Å²) < 4.78 is 0. The molecule has 0 aromatic carbocycles. The standard InChI is InChI=1S/C12H20N2S/c1-9-5-8-15-12(9)10(2)14-6-3-11(13)4-7-14/h5,8,10-11H,3-4,6-7,13H2,1-2H3. The van der Waals surface area contributed by atoms with Gasteiger partial charge in [0.25, 0.3) is 0 Å². The number of piperidine rings is 1. The molecule has 1 aliphatic rings. The van der Waals surface area contributed by atoms with Crippen LogP contribution in [0.1, 0.15) is 36.2 Å². The number of aryl methyl sites for hydroxylation is 1. The van der Waals surface area contributed by atoms with Crippen molar-refractivity contribution in [2.45, 2.75) is 38.8 Å². The molecule has 1 aromatic heterocycles. The molecule has 1 fully saturated rings. The van der Waals surface area contributed by atoms with E-state index < -0.39 is 0 Å². The lowest BCUT2D eigenvalue weighted by Crippen LogP contribution is -2.40. The zero-order chi connectivity index (χ0) is 10.8. The van der Waals surface area contributed by atoms with Gasteiger partial charge in [0.05, 0.1) is 0 Å². The summed E-state index contributed by atoms with van der Waals surface area (Å²) in [5, 5.41) is 2.19. The Morgan fingerprint density at radius 1 is 1.47 bits per heavy atom. The largest absolute Gasteiger partial charge is 0.328 e. The molecule has 0 bridgehead atoms. The fourth-order valence-electron chi connectivity index (χ4n) is 2.28. The van der Waals surface area contributed by atoms with E-state index in [9.17, 15) is 0 Å². The van der Waals surface area contributed by atoms with E-state index in [-0.39, 0.29) is 0 Å². The fourth-order valence-corrected chi connectivity index (χ4v) is 3.30. The van der Waals surface area contributed by atoms with Crippen LogP contribution in [0, 0.1) is 6.92 Å². The second kappa shape index (κ2) is 4.64. The van der Waals surface area contributed by atoms with Gasteiger partial charge in [-0.05, 0) is 43.7 Å². The van der Waals surface area contributed by atoms with Crippen molar-refractivity contribution in [2.24, 2.45) is 5.73 Å². The zero-order valence-electron chi connectivity index (χ0n) is 9.57. The van der Waals surface area contributed by atoms with Crippen LogP contribution >= 0.6 is 11.3 Å². The molecule has 0 saturated carbocycles. The Morgan fingerprint density at radius 2 is 2.13 bits per heavy atom. The lowest BCUT2D eigenvalue weighted by Gasteiger charge is -2.34. The summed E-state index contributed by atoms with van der Waals surface area (Å²) in [4.78, 5) is 4.08. The number of rotatable bonds is 2. The van der Waals surface area contributed by atoms with Crippen molar-refractivity contribution in [2.75, 3.05) is 13.1 Å². The molecular weight excluding hydrogens is 204 g/mol. The van der Waals surface area contributed by atoms with Crippen molar-refractivity contribution in [3.05, 3.63) is 21.9 Å². The van der Waals surface area contributed by atoms with Crippen LogP contribution in [0.2, 0.25) is 0 Å². The summed E-state index contributed by atoms with van der Waals surface area (Å²) in [6, 6.07) is 3.21. The van der Waals surface area contributed by atoms with Crippen LogP contribution in [0.4, 0.5) is 0 Å². The number of likely N-dealkylation sites (tertiary alicyclic amines) is 1. The highest BCUT2D eigenvalue weighted by atomic mass is 32.1. The summed E-state index contributed by atoms with van der Waals surface area (Å²) in [5.74, 6) is 0. The van der Waals surface area contributed by atoms with E-state index in [2.05, 4.69) is 30.2 Å². The van der Waals surface area contributed by atoms with Gasteiger partial charge < -0.3 is 5.73 Å². The summed E-state index contributed by atoms with van der Waals surface area (Å²) in [6.45, 7) is 6.83. The minimum absolute atomic E-state index is 0.429. The predicted molar refractivity (Wildman–Crippen MR) is 66.3 cm³/mol. The average Bonchev–Trinajstić information content (AvgIpc) is 2.65. The molecule has 2 N–H and O–H groups in total. The molecule has 3 heteroatoms. The lowest BCUT2D eigenvalue weighted by molar-refractivity contribution is 0.165. The van der Waals surface area contributed by atoms with Gasteiger partial charge in [0.2, 0.25) is 0 Å². The Hall–Kier alpha value is -0.380. The van der Waals surface area contributed by atoms with E-state index in [1.807, 2.05) is 11.3 Å². The first kappa shape index (κ1) is 11.1. The number of hydrogen-bond acceptors (Lipinski definition) is 3. The highest BCUT2D eigenvalue weighted by Crippen LogP contribution is 2.29. The van der Waals surface area contributed by atoms with Gasteiger partial charge in [-0.3, -0.25) is 4.90 Å². The monoisotopic (exact) mass is 224 g/mol. The van der Waals surface area contributed by atoms with Crippen LogP contribution in [-0.4, -0.2) is 24.0 Å². The molecular formula is C12H20N2S. The quantitative estimate of drug-likeness (QED) is 0.836. The minimum Gasteiger partial charge on any atom is -0.328 e. The maximum absolute atomic E-state index is 5.92. The van der Waals surface area contributed by atoms with Gasteiger partial charge in [-0.25, -0.2) is 0 Å². The zero-order valence-corrected chi connectivity index (χ0v) is 10.4. The van der Waals surface area contributed by atoms with Crippen molar-refractivity contribution < 1.29 is 0 Å². The summed E-state index contributed by atoms with van der Waals surface area (Å²) >= 11 is 1.88. The van der Waals surface area contributed by atoms with E-state index in [0.29, 0.717) is 12.1 Å². The molecule has 15 heavy (non-hydrogen) atoms. The van der Waals surface area contributed by atoms with Crippen LogP contribution in [0.25, 0.3) is 0 Å². The number of nitrogens with two attached hydrogens (primary N) is 1. The Bertz CT molecular complexity index is 313. The Morgan fingerprint density at radius 3 is 2.67 bits per heavy atom. The molecule has 0 amide bonds. The van der Waals surface area contributed by atoms with Gasteiger partial charge in [0.1, 0.15) is 0 Å². The van der Waals surface area contributed by atoms with Crippen molar-refractivity contribution in [1.82, 2.24) is 4.90 Å². The average molecular weight is 224 g/mol. The highest BCUT2D eigenvalue weighted by molar-refractivity contribution is 7.10. The topological polar surface area (TPSA) is 29.3 Å². The van der Waals surface area contributed by atoms with Crippen LogP contribution in [0.3, 0.4) is 0 Å². The molecule has 1 unspecified atom stereocenters. The van der Waals surface area contributed by atoms with Crippen molar-refractivity contribution >= 4 is 11.3 Å². The molecule has 1 saturated heterocycles. The van der Waals surface area contributed by atoms with E-state index in [1.54, 1.807) is 0 Å². The fraction of sp³-hybridized carbons (Fsp3) is 0.667. The van der Waals surface area contributed by atoms with E-state index in [1.165, 1.54) is 10.4 Å². The first-order chi connectivity index (χ1) is 7.18. The molecule has 2 heterocycles. The minimum atomic E-state index is 0.429. The third kappa shape index (κ3) is 2.41. The SMILES string of the molecule is Cc1ccsc1C(C)N1CCC(N)CC1. The summed E-state index contributed by atoms with van der Waals surface area (Å²) in [5.41, 5.74) is 7.35. The van der Waals surface area contributed by atoms with Crippen LogP contribution in [0.5, 0.6) is 0 Å². The summed E-state index contributed by atoms with van der Waals surface area (Å²) in [6.07, 6.45) is 2.30. The molecule has 0 spiro atoms. The number of nitrogens with zero attached hydrogens (tertiary/aromatic N) is 1. The molecule has 2 nitrogen and oxygen atoms in total. The number of hydrogen-bond donors (Lipinski definition) is 1. The maximum Gasteiger partial charge on any atom is 0.0415 e. The Kier molecular flexibility index (Phi) is 3.44. The van der Waals surface area contributed by atoms with Crippen molar-refractivity contribution in [3.63, 3.8) is 0 Å². The maximum atomic E-state index is 5.92. The van der Waals surface area contributed by atoms with Gasteiger partial charge in [0, 0.05) is 30.1 Å². The van der Waals surface area contributed by atoms with Crippen molar-refractivity contribution in [3.8, 4) is 0 Å². The first-order valence-corrected chi connectivity index (χ1v) is 6.60. The van der Waals surface area contributed by atoms with Crippen LogP contribution < -0.4 is 5.73 Å². The first-order valence-electron chi connectivity index (χ1n) is 5.72. The smallest absolute Gasteiger partial charge is 0.0415 e. The van der Waals surface area contributed by atoms with E-state index >= 15 is 0 Å². The highest BCUT2D eigenvalue weighted by Gasteiger charge is 2.22. The molecule has 1 atom stereocenters. The van der Waals surface area contributed by atoms with Crippen LogP contribution in [-0.2, 0) is 0 Å². The van der Waals surface area contributed by atoms with Crippen molar-refractivity contribution in [1.29, 1.82) is 0 Å². The molecule has 1 aliphatic heterocycles. The van der Waals surface area contributed by atoms with Gasteiger partial charge in [0.15, 0.2) is 0 Å². The van der Waals surface area contributed by atoms with Gasteiger partial charge in [-0.1, -0.05) is 0 Å². The molecule has 0 aliphatic carbocycles. The van der Waals surface area contributed by atoms with E-state index in [0.717, 1.165) is 25.9 Å². The third-order valence-electron chi connectivity index (χ3n) is 3.40. The predicted octanol–water partition coefficient (Wildman–Crippen LogP) is 2.54. The summed E-state index contributed by atoms with van der Waals surface area (Å²) in [7, 11) is 0. The van der Waals surface area contributed by atoms with Crippen LogP contribution in [0.15, 0.2) is 11.4 Å². The van der Waals surface area contributed by atoms with Gasteiger partial charge >= 0.3 is 0 Å². The molecule has 2 rings (SSSR count). The van der Waals surface area contributed by atoms with Gasteiger partial charge in [-0.15, -0.1) is 11.3 Å². The van der Waals surface area contributed by atoms with E-state index in [4.69, 9.17) is 5.73 Å². The molecule has 84 valence electrons. The Balaban J connectivity index is 2.02. The Labute approximate surface area is 96.1 Å². The molecule has 0 radical (unpaired) electrons. The van der Waals surface area contributed by atoms with Gasteiger partial charge in [-0.2, -0.15) is 0 Å². The second-order valence-electron chi connectivity index (χ2n) is 4.52. The third-order valence-corrected chi connectivity index (χ3v) is 4.59. The number of thiophene rings is 1. The normalized spacial score (nSPS) is 21.8. The lowest BCUT2D eigenvalue weighted by atomic mass is 10.0. The second-order valence-corrected chi connectivity index (χ2v) is 5.46. The molecule has 1 aromatic rings.